The molecule has 0 aliphatic carbocycles. The standard InChI is InChI=1S/C11H12N2O5/c1-18-8-4-2-7(3-5-8)12-11(17)13-9(14)6-10(15)16/h2-5H,6H2,1H3,(H,15,16)(H2,12,13,14,17). The maximum atomic E-state index is 11.3. The number of carbonyl (C=O) groups excluding carboxylic acids is 2. The first kappa shape index (κ1) is 13.5. The van der Waals surface area contributed by atoms with Gasteiger partial charge in [-0.25, -0.2) is 4.79 Å². The van der Waals surface area contributed by atoms with Gasteiger partial charge in [-0.05, 0) is 24.3 Å². The molecule has 1 aromatic carbocycles. The first-order valence-corrected chi connectivity index (χ1v) is 4.98. The summed E-state index contributed by atoms with van der Waals surface area (Å²) in [5, 5.41) is 12.6. The van der Waals surface area contributed by atoms with E-state index in [2.05, 4.69) is 5.32 Å². The van der Waals surface area contributed by atoms with Crippen molar-refractivity contribution in [2.24, 2.45) is 0 Å². The summed E-state index contributed by atoms with van der Waals surface area (Å²) in [5.41, 5.74) is 0.455. The molecule has 0 bridgehead atoms. The average Bonchev–Trinajstić information content (AvgIpc) is 2.28. The molecule has 0 spiro atoms. The van der Waals surface area contributed by atoms with Gasteiger partial charge in [0.15, 0.2) is 0 Å². The van der Waals surface area contributed by atoms with Gasteiger partial charge in [-0.15, -0.1) is 0 Å². The van der Waals surface area contributed by atoms with Gasteiger partial charge in [0.1, 0.15) is 12.2 Å². The molecule has 0 atom stereocenters. The highest BCUT2D eigenvalue weighted by Crippen LogP contribution is 2.14. The normalized spacial score (nSPS) is 9.39. The zero-order chi connectivity index (χ0) is 13.5. The average molecular weight is 252 g/mol. The minimum absolute atomic E-state index is 0.455. The number of carboxylic acid groups (broad SMARTS) is 1. The topological polar surface area (TPSA) is 105 Å². The van der Waals surface area contributed by atoms with E-state index < -0.39 is 24.3 Å². The van der Waals surface area contributed by atoms with Crippen molar-refractivity contribution in [2.45, 2.75) is 6.42 Å². The first-order valence-electron chi connectivity index (χ1n) is 4.98. The molecule has 0 heterocycles. The Labute approximate surface area is 103 Å². The van der Waals surface area contributed by atoms with E-state index in [0.29, 0.717) is 11.4 Å². The van der Waals surface area contributed by atoms with Crippen molar-refractivity contribution >= 4 is 23.6 Å². The van der Waals surface area contributed by atoms with Crippen LogP contribution in [0.5, 0.6) is 5.75 Å². The zero-order valence-electron chi connectivity index (χ0n) is 9.60. The number of hydrogen-bond donors (Lipinski definition) is 3. The number of carboxylic acids is 1. The number of carbonyl (C=O) groups is 3. The monoisotopic (exact) mass is 252 g/mol. The molecule has 0 aliphatic rings. The van der Waals surface area contributed by atoms with Crippen LogP contribution in [0.15, 0.2) is 24.3 Å². The van der Waals surface area contributed by atoms with E-state index >= 15 is 0 Å². The second-order valence-electron chi connectivity index (χ2n) is 3.30. The van der Waals surface area contributed by atoms with E-state index in [4.69, 9.17) is 9.84 Å². The SMILES string of the molecule is COc1ccc(NC(=O)NC(=O)CC(=O)O)cc1. The van der Waals surface area contributed by atoms with Gasteiger partial charge >= 0.3 is 12.0 Å². The molecular formula is C11H12N2O5. The van der Waals surface area contributed by atoms with Crippen LogP contribution in [0.25, 0.3) is 0 Å². The molecule has 3 amide bonds. The molecule has 18 heavy (non-hydrogen) atoms. The summed E-state index contributed by atoms with van der Waals surface area (Å²) in [5.74, 6) is -1.55. The Hall–Kier alpha value is -2.57. The molecule has 3 N–H and O–H groups in total. The highest BCUT2D eigenvalue weighted by Gasteiger charge is 2.11. The lowest BCUT2D eigenvalue weighted by atomic mass is 10.3. The molecule has 7 heteroatoms. The molecule has 0 saturated heterocycles. The summed E-state index contributed by atoms with van der Waals surface area (Å²) in [6.45, 7) is 0. The van der Waals surface area contributed by atoms with Crippen LogP contribution in [0, 0.1) is 0 Å². The van der Waals surface area contributed by atoms with E-state index in [-0.39, 0.29) is 0 Å². The third-order valence-corrected chi connectivity index (χ3v) is 1.91. The van der Waals surface area contributed by atoms with Crippen LogP contribution in [-0.4, -0.2) is 30.1 Å². The smallest absolute Gasteiger partial charge is 0.325 e. The maximum Gasteiger partial charge on any atom is 0.325 e. The van der Waals surface area contributed by atoms with Crippen LogP contribution in [0.4, 0.5) is 10.5 Å². The molecular weight excluding hydrogens is 240 g/mol. The molecule has 96 valence electrons. The van der Waals surface area contributed by atoms with Crippen molar-refractivity contribution in [3.05, 3.63) is 24.3 Å². The zero-order valence-corrected chi connectivity index (χ0v) is 9.60. The van der Waals surface area contributed by atoms with Crippen LogP contribution in [0.3, 0.4) is 0 Å². The second-order valence-corrected chi connectivity index (χ2v) is 3.30. The van der Waals surface area contributed by atoms with Gasteiger partial charge in [0.25, 0.3) is 0 Å². The van der Waals surface area contributed by atoms with Crippen molar-refractivity contribution < 1.29 is 24.2 Å². The number of methoxy groups -OCH3 is 1. The van der Waals surface area contributed by atoms with Gasteiger partial charge in [0, 0.05) is 5.69 Å². The predicted octanol–water partition coefficient (Wildman–Crippen LogP) is 0.818. The maximum absolute atomic E-state index is 11.3. The van der Waals surface area contributed by atoms with Gasteiger partial charge in [-0.1, -0.05) is 0 Å². The fraction of sp³-hybridized carbons (Fsp3) is 0.182. The van der Waals surface area contributed by atoms with Gasteiger partial charge in [-0.3, -0.25) is 14.9 Å². The lowest BCUT2D eigenvalue weighted by Crippen LogP contribution is -2.35. The van der Waals surface area contributed by atoms with E-state index in [9.17, 15) is 14.4 Å². The predicted molar refractivity (Wildman–Crippen MR) is 62.4 cm³/mol. The van der Waals surface area contributed by atoms with E-state index in [1.165, 1.54) is 7.11 Å². The number of ether oxygens (including phenoxy) is 1. The van der Waals surface area contributed by atoms with Gasteiger partial charge in [-0.2, -0.15) is 0 Å². The quantitative estimate of drug-likeness (QED) is 0.688. The van der Waals surface area contributed by atoms with Gasteiger partial charge in [0.05, 0.1) is 7.11 Å². The highest BCUT2D eigenvalue weighted by atomic mass is 16.5. The van der Waals surface area contributed by atoms with Crippen molar-refractivity contribution in [3.63, 3.8) is 0 Å². The van der Waals surface area contributed by atoms with Gasteiger partial charge < -0.3 is 15.2 Å². The molecule has 0 aliphatic heterocycles. The summed E-state index contributed by atoms with van der Waals surface area (Å²) in [7, 11) is 1.51. The highest BCUT2D eigenvalue weighted by molar-refractivity contribution is 6.05. The molecule has 1 rings (SSSR count). The fourth-order valence-corrected chi connectivity index (χ4v) is 1.14. The molecule has 0 fully saturated rings. The Morgan fingerprint density at radius 1 is 1.22 bits per heavy atom. The van der Waals surface area contributed by atoms with E-state index in [0.717, 1.165) is 0 Å². The number of amides is 3. The third kappa shape index (κ3) is 4.52. The van der Waals surface area contributed by atoms with Crippen LogP contribution in [0.1, 0.15) is 6.42 Å². The first-order chi connectivity index (χ1) is 8.51. The summed E-state index contributed by atoms with van der Waals surface area (Å²) >= 11 is 0. The largest absolute Gasteiger partial charge is 0.497 e. The van der Waals surface area contributed by atoms with Crippen LogP contribution in [0.2, 0.25) is 0 Å². The van der Waals surface area contributed by atoms with Crippen molar-refractivity contribution in [1.82, 2.24) is 5.32 Å². The Bertz CT molecular complexity index is 455. The summed E-state index contributed by atoms with van der Waals surface area (Å²) < 4.78 is 4.93. The molecule has 0 unspecified atom stereocenters. The fourth-order valence-electron chi connectivity index (χ4n) is 1.14. The minimum atomic E-state index is -1.30. The number of urea groups is 1. The number of hydrogen-bond acceptors (Lipinski definition) is 4. The summed E-state index contributed by atoms with van der Waals surface area (Å²) in [6.07, 6.45) is -0.754. The number of anilines is 1. The number of rotatable bonds is 4. The summed E-state index contributed by atoms with van der Waals surface area (Å²) in [4.78, 5) is 32.5. The van der Waals surface area contributed by atoms with E-state index in [1.54, 1.807) is 24.3 Å². The molecule has 0 radical (unpaired) electrons. The molecule has 7 nitrogen and oxygen atoms in total. The number of nitrogens with one attached hydrogen (secondary N) is 2. The summed E-state index contributed by atoms with van der Waals surface area (Å²) in [6, 6.07) is 5.65. The Kier molecular flexibility index (Phi) is 4.67. The van der Waals surface area contributed by atoms with Crippen LogP contribution < -0.4 is 15.4 Å². The number of benzene rings is 1. The number of aliphatic carboxylic acids is 1. The van der Waals surface area contributed by atoms with Gasteiger partial charge in [0.2, 0.25) is 5.91 Å². The lowest BCUT2D eigenvalue weighted by molar-refractivity contribution is -0.140. The molecule has 0 saturated carbocycles. The van der Waals surface area contributed by atoms with Crippen molar-refractivity contribution in [3.8, 4) is 5.75 Å². The molecule has 1 aromatic rings. The Balaban J connectivity index is 2.48. The minimum Gasteiger partial charge on any atom is -0.497 e. The van der Waals surface area contributed by atoms with Crippen molar-refractivity contribution in [2.75, 3.05) is 12.4 Å². The van der Waals surface area contributed by atoms with Crippen molar-refractivity contribution in [1.29, 1.82) is 0 Å². The second kappa shape index (κ2) is 6.24. The molecule has 0 aromatic heterocycles. The lowest BCUT2D eigenvalue weighted by Gasteiger charge is -2.06. The third-order valence-electron chi connectivity index (χ3n) is 1.91. The number of imide groups is 1. The van der Waals surface area contributed by atoms with E-state index in [1.807, 2.05) is 5.32 Å². The Morgan fingerprint density at radius 2 is 1.83 bits per heavy atom. The van der Waals surface area contributed by atoms with Crippen LogP contribution >= 0.6 is 0 Å². The Morgan fingerprint density at radius 3 is 2.33 bits per heavy atom. The van der Waals surface area contributed by atoms with Crippen LogP contribution in [-0.2, 0) is 9.59 Å².